The van der Waals surface area contributed by atoms with E-state index in [1.807, 2.05) is 6.92 Å². The van der Waals surface area contributed by atoms with E-state index in [2.05, 4.69) is 10.6 Å². The van der Waals surface area contributed by atoms with Crippen molar-refractivity contribution < 1.29 is 14.4 Å². The van der Waals surface area contributed by atoms with Crippen LogP contribution in [0.3, 0.4) is 0 Å². The van der Waals surface area contributed by atoms with Crippen molar-refractivity contribution in [1.29, 1.82) is 0 Å². The van der Waals surface area contributed by atoms with E-state index in [0.29, 0.717) is 11.1 Å². The molecule has 2 heterocycles. The maximum absolute atomic E-state index is 12.3. The van der Waals surface area contributed by atoms with E-state index in [-0.39, 0.29) is 24.4 Å². The van der Waals surface area contributed by atoms with Gasteiger partial charge in [0.1, 0.15) is 6.54 Å². The van der Waals surface area contributed by atoms with Gasteiger partial charge in [0, 0.05) is 12.6 Å². The van der Waals surface area contributed by atoms with Crippen LogP contribution in [0.1, 0.15) is 39.1 Å². The number of amides is 3. The van der Waals surface area contributed by atoms with E-state index >= 15 is 0 Å². The highest BCUT2D eigenvalue weighted by molar-refractivity contribution is 6.22. The molecule has 0 radical (unpaired) electrons. The molecule has 1 aromatic carbocycles. The molecule has 1 atom stereocenters. The number of nitrogens with one attached hydrogen (secondary N) is 2. The molecule has 0 saturated carbocycles. The van der Waals surface area contributed by atoms with Gasteiger partial charge in [-0.2, -0.15) is 0 Å². The van der Waals surface area contributed by atoms with Gasteiger partial charge in [0.25, 0.3) is 11.8 Å². The van der Waals surface area contributed by atoms with E-state index in [0.717, 1.165) is 36.4 Å². The van der Waals surface area contributed by atoms with Gasteiger partial charge >= 0.3 is 0 Å². The van der Waals surface area contributed by atoms with Gasteiger partial charge in [0.05, 0.1) is 11.1 Å². The molecule has 2 N–H and O–H groups in total. The Kier molecular flexibility index (Phi) is 3.94. The first-order chi connectivity index (χ1) is 10.6. The van der Waals surface area contributed by atoms with E-state index in [1.54, 1.807) is 18.2 Å². The van der Waals surface area contributed by atoms with Gasteiger partial charge in [0.15, 0.2) is 0 Å². The number of piperidine rings is 1. The van der Waals surface area contributed by atoms with E-state index < -0.39 is 5.91 Å². The first-order valence-corrected chi connectivity index (χ1v) is 7.53. The van der Waals surface area contributed by atoms with Crippen molar-refractivity contribution in [3.05, 3.63) is 34.9 Å². The lowest BCUT2D eigenvalue weighted by Gasteiger charge is -2.24. The Labute approximate surface area is 128 Å². The van der Waals surface area contributed by atoms with Gasteiger partial charge < -0.3 is 10.6 Å². The number of carbonyl (C=O) groups excluding carboxylic acids is 3. The van der Waals surface area contributed by atoms with Crippen LogP contribution >= 0.6 is 0 Å². The number of fused-ring (bicyclic) bond motifs is 1. The average molecular weight is 301 g/mol. The lowest BCUT2D eigenvalue weighted by atomic mass is 10.1. The minimum absolute atomic E-state index is 0.0682. The zero-order valence-electron chi connectivity index (χ0n) is 12.5. The summed E-state index contributed by atoms with van der Waals surface area (Å²) in [6.45, 7) is 3.34. The van der Waals surface area contributed by atoms with Crippen LogP contribution < -0.4 is 10.6 Å². The Bertz CT molecular complexity index is 636. The second-order valence-electron chi connectivity index (χ2n) is 5.86. The number of aryl methyl sites for hydroxylation is 1. The standard InChI is InChI=1S/C16H19N3O3/c1-10-4-5-12-13(7-10)16(22)19(15(12)21)9-14(20)18-11-3-2-6-17-8-11/h4-5,7,11,17H,2-3,6,8-9H2,1H3,(H,18,20). The van der Waals surface area contributed by atoms with Gasteiger partial charge in [-0.1, -0.05) is 11.6 Å². The molecule has 6 heteroatoms. The molecular weight excluding hydrogens is 282 g/mol. The number of rotatable bonds is 3. The minimum Gasteiger partial charge on any atom is -0.351 e. The molecule has 22 heavy (non-hydrogen) atoms. The molecule has 6 nitrogen and oxygen atoms in total. The zero-order valence-corrected chi connectivity index (χ0v) is 12.5. The Balaban J connectivity index is 1.67. The summed E-state index contributed by atoms with van der Waals surface area (Å²) in [5, 5.41) is 6.09. The molecule has 0 aromatic heterocycles. The zero-order chi connectivity index (χ0) is 15.7. The van der Waals surface area contributed by atoms with Crippen molar-refractivity contribution in [3.8, 4) is 0 Å². The summed E-state index contributed by atoms with van der Waals surface area (Å²) in [5.74, 6) is -1.07. The van der Waals surface area contributed by atoms with Crippen molar-refractivity contribution in [3.63, 3.8) is 0 Å². The molecule has 2 aliphatic rings. The normalized spacial score (nSPS) is 21.0. The predicted octanol–water partition coefficient (Wildman–Crippen LogP) is 0.459. The monoisotopic (exact) mass is 301 g/mol. The average Bonchev–Trinajstić information content (AvgIpc) is 2.73. The molecule has 0 bridgehead atoms. The number of carbonyl (C=O) groups is 3. The lowest BCUT2D eigenvalue weighted by molar-refractivity contribution is -0.122. The van der Waals surface area contributed by atoms with E-state index in [1.165, 1.54) is 0 Å². The molecule has 1 unspecified atom stereocenters. The van der Waals surface area contributed by atoms with Crippen LogP contribution in [0.4, 0.5) is 0 Å². The number of nitrogens with zero attached hydrogens (tertiary/aromatic N) is 1. The van der Waals surface area contributed by atoms with Crippen molar-refractivity contribution >= 4 is 17.7 Å². The quantitative estimate of drug-likeness (QED) is 0.795. The number of imide groups is 1. The van der Waals surface area contributed by atoms with Crippen molar-refractivity contribution in [2.24, 2.45) is 0 Å². The highest BCUT2D eigenvalue weighted by Crippen LogP contribution is 2.23. The van der Waals surface area contributed by atoms with Gasteiger partial charge in [-0.05, 0) is 38.4 Å². The minimum atomic E-state index is -0.392. The van der Waals surface area contributed by atoms with Gasteiger partial charge in [-0.15, -0.1) is 0 Å². The summed E-state index contributed by atoms with van der Waals surface area (Å²) in [6, 6.07) is 5.20. The van der Waals surface area contributed by atoms with Crippen LogP contribution in [-0.4, -0.2) is 48.3 Å². The summed E-state index contributed by atoms with van der Waals surface area (Å²) >= 11 is 0. The fourth-order valence-electron chi connectivity index (χ4n) is 2.94. The van der Waals surface area contributed by atoms with E-state index in [4.69, 9.17) is 0 Å². The summed E-state index contributed by atoms with van der Waals surface area (Å²) in [5.41, 5.74) is 1.68. The third-order valence-electron chi connectivity index (χ3n) is 4.09. The van der Waals surface area contributed by atoms with E-state index in [9.17, 15) is 14.4 Å². The van der Waals surface area contributed by atoms with Gasteiger partial charge in [-0.25, -0.2) is 0 Å². The molecule has 0 spiro atoms. The summed E-state index contributed by atoms with van der Waals surface area (Å²) < 4.78 is 0. The molecule has 116 valence electrons. The smallest absolute Gasteiger partial charge is 0.262 e. The second-order valence-corrected chi connectivity index (χ2v) is 5.86. The van der Waals surface area contributed by atoms with Crippen LogP contribution in [0.25, 0.3) is 0 Å². The molecule has 3 rings (SSSR count). The highest BCUT2D eigenvalue weighted by Gasteiger charge is 2.36. The maximum Gasteiger partial charge on any atom is 0.262 e. The Hall–Kier alpha value is -2.21. The van der Waals surface area contributed by atoms with Crippen LogP contribution in [-0.2, 0) is 4.79 Å². The Morgan fingerprint density at radius 3 is 2.82 bits per heavy atom. The van der Waals surface area contributed by atoms with Crippen LogP contribution in [0, 0.1) is 6.92 Å². The Morgan fingerprint density at radius 1 is 1.32 bits per heavy atom. The molecule has 1 fully saturated rings. The second kappa shape index (κ2) is 5.88. The van der Waals surface area contributed by atoms with Gasteiger partial charge in [0.2, 0.25) is 5.91 Å². The third kappa shape index (κ3) is 2.74. The fraction of sp³-hybridized carbons (Fsp3) is 0.438. The maximum atomic E-state index is 12.3. The molecular formula is C16H19N3O3. The van der Waals surface area contributed by atoms with Crippen LogP contribution in [0.5, 0.6) is 0 Å². The number of hydrogen-bond acceptors (Lipinski definition) is 4. The molecule has 2 aliphatic heterocycles. The van der Waals surface area contributed by atoms with Crippen molar-refractivity contribution in [2.75, 3.05) is 19.6 Å². The summed E-state index contributed by atoms with van der Waals surface area (Å²) in [7, 11) is 0. The van der Waals surface area contributed by atoms with Crippen molar-refractivity contribution in [2.45, 2.75) is 25.8 Å². The molecule has 3 amide bonds. The molecule has 1 aromatic rings. The van der Waals surface area contributed by atoms with Crippen LogP contribution in [0.15, 0.2) is 18.2 Å². The van der Waals surface area contributed by atoms with Gasteiger partial charge in [-0.3, -0.25) is 19.3 Å². The molecule has 0 aliphatic carbocycles. The SMILES string of the molecule is Cc1ccc2c(c1)C(=O)N(CC(=O)NC1CCCNC1)C2=O. The first kappa shape index (κ1) is 14.7. The predicted molar refractivity (Wildman–Crippen MR) is 80.6 cm³/mol. The number of benzene rings is 1. The fourth-order valence-corrected chi connectivity index (χ4v) is 2.94. The first-order valence-electron chi connectivity index (χ1n) is 7.53. The highest BCUT2D eigenvalue weighted by atomic mass is 16.2. The summed E-state index contributed by atoms with van der Waals surface area (Å²) in [4.78, 5) is 37.7. The largest absolute Gasteiger partial charge is 0.351 e. The van der Waals surface area contributed by atoms with Crippen molar-refractivity contribution in [1.82, 2.24) is 15.5 Å². The summed E-state index contributed by atoms with van der Waals surface area (Å²) in [6.07, 6.45) is 1.93. The molecule has 1 saturated heterocycles. The third-order valence-corrected chi connectivity index (χ3v) is 4.09. The topological polar surface area (TPSA) is 78.5 Å². The Morgan fingerprint density at radius 2 is 2.09 bits per heavy atom. The number of hydrogen-bond donors (Lipinski definition) is 2. The lowest BCUT2D eigenvalue weighted by Crippen LogP contribution is -2.49. The van der Waals surface area contributed by atoms with Crippen LogP contribution in [0.2, 0.25) is 0 Å².